The van der Waals surface area contributed by atoms with E-state index >= 15 is 0 Å². The summed E-state index contributed by atoms with van der Waals surface area (Å²) in [6.07, 6.45) is 0. The number of anilines is 1. The number of thioether (sulfide) groups is 1. The van der Waals surface area contributed by atoms with Crippen LogP contribution in [0.4, 0.5) is 11.4 Å². The number of hydrogen-bond acceptors (Lipinski definition) is 7. The van der Waals surface area contributed by atoms with Crippen LogP contribution in [-0.2, 0) is 20.6 Å². The van der Waals surface area contributed by atoms with Crippen molar-refractivity contribution in [1.82, 2.24) is 5.32 Å². The summed E-state index contributed by atoms with van der Waals surface area (Å²) in [4.78, 5) is 23.3. The Morgan fingerprint density at radius 1 is 1.11 bits per heavy atom. The normalized spacial score (nSPS) is 11.2. The Bertz CT molecular complexity index is 1410. The number of carbonyl (C=O) groups excluding carboxylic acids is 1. The Morgan fingerprint density at radius 2 is 1.82 bits per heavy atom. The molecule has 0 spiro atoms. The van der Waals surface area contributed by atoms with Crippen molar-refractivity contribution in [2.24, 2.45) is 0 Å². The molecule has 0 radical (unpaired) electrons. The van der Waals surface area contributed by atoms with Crippen molar-refractivity contribution in [3.63, 3.8) is 0 Å². The van der Waals surface area contributed by atoms with Gasteiger partial charge in [0.25, 0.3) is 15.7 Å². The highest BCUT2D eigenvalue weighted by molar-refractivity contribution is 7.98. The summed E-state index contributed by atoms with van der Waals surface area (Å²) in [6, 6.07) is 16.2. The van der Waals surface area contributed by atoms with Gasteiger partial charge in [-0.15, -0.1) is 0 Å². The molecule has 0 saturated carbocycles. The van der Waals surface area contributed by atoms with Crippen LogP contribution in [0.5, 0.6) is 5.75 Å². The predicted molar refractivity (Wildman–Crippen MR) is 151 cm³/mol. The lowest BCUT2D eigenvalue weighted by molar-refractivity contribution is -0.385. The van der Waals surface area contributed by atoms with Gasteiger partial charge in [-0.2, -0.15) is 11.8 Å². The van der Waals surface area contributed by atoms with Gasteiger partial charge in [-0.05, 0) is 43.7 Å². The molecule has 0 bridgehead atoms. The standard InChI is InChI=1S/C26H28ClN3O6S2/c1-18-4-7-20(8-5-18)17-37-13-12-28-26(31)16-29(24-14-21(27)9-11-25(24)36-3)38(34,35)22-10-6-19(2)23(15-22)30(32)33/h4-11,14-15H,12-13,16-17H2,1-3H3,(H,28,31). The van der Waals surface area contributed by atoms with Crippen LogP contribution < -0.4 is 14.4 Å². The summed E-state index contributed by atoms with van der Waals surface area (Å²) in [5, 5.41) is 14.4. The fourth-order valence-electron chi connectivity index (χ4n) is 3.55. The van der Waals surface area contributed by atoms with E-state index < -0.39 is 27.4 Å². The maximum atomic E-state index is 13.7. The third-order valence-corrected chi connectivity index (χ3v) is 8.64. The lowest BCUT2D eigenvalue weighted by atomic mass is 10.2. The number of halogens is 1. The molecule has 0 atom stereocenters. The fourth-order valence-corrected chi connectivity index (χ4v) is 5.98. The molecule has 3 rings (SSSR count). The highest BCUT2D eigenvalue weighted by Crippen LogP contribution is 2.35. The van der Waals surface area contributed by atoms with Crippen molar-refractivity contribution in [2.45, 2.75) is 24.5 Å². The molecule has 0 unspecified atom stereocenters. The molecule has 12 heteroatoms. The van der Waals surface area contributed by atoms with E-state index in [4.69, 9.17) is 16.3 Å². The first-order valence-corrected chi connectivity index (χ1v) is 14.5. The average Bonchev–Trinajstić information content (AvgIpc) is 2.88. The Labute approximate surface area is 231 Å². The van der Waals surface area contributed by atoms with Gasteiger partial charge < -0.3 is 10.1 Å². The Morgan fingerprint density at radius 3 is 2.47 bits per heavy atom. The number of rotatable bonds is 12. The summed E-state index contributed by atoms with van der Waals surface area (Å²) in [6.45, 7) is 3.28. The van der Waals surface area contributed by atoms with E-state index in [1.165, 1.54) is 55.5 Å². The lowest BCUT2D eigenvalue weighted by Crippen LogP contribution is -2.41. The van der Waals surface area contributed by atoms with Crippen molar-refractivity contribution in [2.75, 3.05) is 30.3 Å². The number of aryl methyl sites for hydroxylation is 2. The first-order valence-electron chi connectivity index (χ1n) is 11.5. The number of benzene rings is 3. The molecule has 3 aromatic carbocycles. The number of sulfonamides is 1. The topological polar surface area (TPSA) is 119 Å². The van der Waals surface area contributed by atoms with E-state index in [1.54, 1.807) is 11.8 Å². The summed E-state index contributed by atoms with van der Waals surface area (Å²) < 4.78 is 33.6. The number of nitro benzene ring substituents is 1. The van der Waals surface area contributed by atoms with E-state index in [0.717, 1.165) is 16.1 Å². The molecule has 0 aliphatic rings. The molecule has 0 aromatic heterocycles. The van der Waals surface area contributed by atoms with Crippen LogP contribution in [0.15, 0.2) is 65.6 Å². The van der Waals surface area contributed by atoms with Gasteiger partial charge in [0, 0.05) is 34.7 Å². The van der Waals surface area contributed by atoms with Crippen LogP contribution in [0.25, 0.3) is 0 Å². The zero-order valence-electron chi connectivity index (χ0n) is 21.1. The van der Waals surface area contributed by atoms with Crippen molar-refractivity contribution in [3.8, 4) is 5.75 Å². The lowest BCUT2D eigenvalue weighted by Gasteiger charge is -2.26. The second kappa shape index (κ2) is 13.0. The van der Waals surface area contributed by atoms with Crippen LogP contribution >= 0.6 is 23.4 Å². The van der Waals surface area contributed by atoms with Gasteiger partial charge >= 0.3 is 0 Å². The van der Waals surface area contributed by atoms with Crippen LogP contribution in [0.1, 0.15) is 16.7 Å². The molecule has 202 valence electrons. The van der Waals surface area contributed by atoms with Gasteiger partial charge in [-0.25, -0.2) is 8.42 Å². The Balaban J connectivity index is 1.80. The van der Waals surface area contributed by atoms with Gasteiger partial charge in [0.2, 0.25) is 5.91 Å². The molecular weight excluding hydrogens is 550 g/mol. The summed E-state index contributed by atoms with van der Waals surface area (Å²) in [5.74, 6) is 1.02. The molecule has 1 amide bonds. The van der Waals surface area contributed by atoms with Crippen LogP contribution in [0.2, 0.25) is 5.02 Å². The summed E-state index contributed by atoms with van der Waals surface area (Å²) >= 11 is 7.78. The maximum Gasteiger partial charge on any atom is 0.273 e. The quantitative estimate of drug-likeness (QED) is 0.180. The van der Waals surface area contributed by atoms with E-state index in [9.17, 15) is 23.3 Å². The maximum absolute atomic E-state index is 13.7. The molecule has 0 aliphatic heterocycles. The monoisotopic (exact) mass is 577 g/mol. The van der Waals surface area contributed by atoms with Crippen LogP contribution in [-0.4, -0.2) is 45.2 Å². The second-order valence-electron chi connectivity index (χ2n) is 8.42. The number of nitrogens with one attached hydrogen (secondary N) is 1. The van der Waals surface area contributed by atoms with Gasteiger partial charge in [0.05, 0.1) is 22.6 Å². The Kier molecular flexibility index (Phi) is 10.0. The van der Waals surface area contributed by atoms with Crippen LogP contribution in [0.3, 0.4) is 0 Å². The first kappa shape index (κ1) is 29.3. The number of nitro groups is 1. The number of nitrogens with zero attached hydrogens (tertiary/aromatic N) is 2. The number of hydrogen-bond donors (Lipinski definition) is 1. The minimum atomic E-state index is -4.42. The fraction of sp³-hybridized carbons (Fsp3) is 0.269. The average molecular weight is 578 g/mol. The van der Waals surface area contributed by atoms with Crippen molar-refractivity contribution in [3.05, 3.63) is 92.5 Å². The second-order valence-corrected chi connectivity index (χ2v) is 11.8. The molecule has 0 heterocycles. The largest absolute Gasteiger partial charge is 0.495 e. The van der Waals surface area contributed by atoms with Crippen molar-refractivity contribution < 1.29 is 22.9 Å². The molecule has 1 N–H and O–H groups in total. The highest BCUT2D eigenvalue weighted by atomic mass is 35.5. The van der Waals surface area contributed by atoms with E-state index in [1.807, 2.05) is 19.1 Å². The summed E-state index contributed by atoms with van der Waals surface area (Å²) in [7, 11) is -3.06. The minimum Gasteiger partial charge on any atom is -0.495 e. The smallest absolute Gasteiger partial charge is 0.273 e. The molecule has 0 aliphatic carbocycles. The molecule has 0 fully saturated rings. The predicted octanol–water partition coefficient (Wildman–Crippen LogP) is 5.12. The molecule has 3 aromatic rings. The number of amides is 1. The highest BCUT2D eigenvalue weighted by Gasteiger charge is 2.31. The van der Waals surface area contributed by atoms with Crippen molar-refractivity contribution >= 4 is 50.7 Å². The number of carbonyl (C=O) groups is 1. The minimum absolute atomic E-state index is 0.0344. The third kappa shape index (κ3) is 7.40. The molecule has 0 saturated heterocycles. The van der Waals surface area contributed by atoms with E-state index in [0.29, 0.717) is 17.9 Å². The molecule has 9 nitrogen and oxygen atoms in total. The van der Waals surface area contributed by atoms with Gasteiger partial charge in [-0.3, -0.25) is 19.2 Å². The van der Waals surface area contributed by atoms with E-state index in [2.05, 4.69) is 17.4 Å². The first-order chi connectivity index (χ1) is 18.0. The zero-order valence-corrected chi connectivity index (χ0v) is 23.5. The van der Waals surface area contributed by atoms with Gasteiger partial charge in [0.1, 0.15) is 12.3 Å². The third-order valence-electron chi connectivity index (χ3n) is 5.62. The van der Waals surface area contributed by atoms with Crippen molar-refractivity contribution in [1.29, 1.82) is 0 Å². The van der Waals surface area contributed by atoms with E-state index in [-0.39, 0.29) is 27.0 Å². The van der Waals surface area contributed by atoms with Gasteiger partial charge in [-0.1, -0.05) is 47.5 Å². The zero-order chi connectivity index (χ0) is 27.9. The van der Waals surface area contributed by atoms with Crippen LogP contribution in [0, 0.1) is 24.0 Å². The van der Waals surface area contributed by atoms with Gasteiger partial charge in [0.15, 0.2) is 0 Å². The molecular formula is C26H28ClN3O6S2. The Hall–Kier alpha value is -3.28. The molecule has 38 heavy (non-hydrogen) atoms. The number of ether oxygens (including phenoxy) is 1. The number of methoxy groups -OCH3 is 1. The summed E-state index contributed by atoms with van der Waals surface area (Å²) in [5.41, 5.74) is 2.35. The SMILES string of the molecule is COc1ccc(Cl)cc1N(CC(=O)NCCSCc1ccc(C)cc1)S(=O)(=O)c1ccc(C)c([N+](=O)[O-])c1.